The summed E-state index contributed by atoms with van der Waals surface area (Å²) in [6, 6.07) is 12.8. The van der Waals surface area contributed by atoms with Crippen molar-refractivity contribution in [3.8, 4) is 0 Å². The van der Waals surface area contributed by atoms with Gasteiger partial charge < -0.3 is 22.1 Å². The van der Waals surface area contributed by atoms with Crippen molar-refractivity contribution in [2.45, 2.75) is 0 Å². The molecular formula is C16H16N4O. The molecule has 2 amide bonds. The van der Waals surface area contributed by atoms with Crippen molar-refractivity contribution in [1.29, 1.82) is 0 Å². The number of primary amides is 1. The van der Waals surface area contributed by atoms with E-state index < -0.39 is 6.03 Å². The van der Waals surface area contributed by atoms with E-state index in [0.29, 0.717) is 5.69 Å². The number of fused-ring (bicyclic) bond motifs is 1. The van der Waals surface area contributed by atoms with Crippen LogP contribution in [0.4, 0.5) is 21.9 Å². The topological polar surface area (TPSA) is 93.2 Å². The number of nitrogens with one attached hydrogen (secondary N) is 2. The zero-order valence-electron chi connectivity index (χ0n) is 11.4. The summed E-state index contributed by atoms with van der Waals surface area (Å²) < 4.78 is 0. The number of carbonyl (C=O) groups excluding carboxylic acids is 1. The lowest BCUT2D eigenvalue weighted by Gasteiger charge is -2.04. The minimum atomic E-state index is -0.564. The monoisotopic (exact) mass is 280 g/mol. The number of nitrogen functional groups attached to an aromatic ring is 1. The Morgan fingerprint density at radius 3 is 2.67 bits per heavy atom. The molecule has 21 heavy (non-hydrogen) atoms. The Morgan fingerprint density at radius 1 is 1.19 bits per heavy atom. The lowest BCUT2D eigenvalue weighted by Crippen LogP contribution is -2.19. The van der Waals surface area contributed by atoms with Gasteiger partial charge in [-0.15, -0.1) is 0 Å². The highest BCUT2D eigenvalue weighted by Gasteiger charge is 2.17. The van der Waals surface area contributed by atoms with Crippen LogP contribution < -0.4 is 22.1 Å². The predicted octanol–water partition coefficient (Wildman–Crippen LogP) is 2.73. The maximum atomic E-state index is 10.8. The molecule has 0 saturated heterocycles. The summed E-state index contributed by atoms with van der Waals surface area (Å²) in [5, 5.41) is 5.85. The number of carbonyl (C=O) groups is 1. The number of nitrogens with two attached hydrogens (primary N) is 2. The number of hydrogen-bond acceptors (Lipinski definition) is 3. The van der Waals surface area contributed by atoms with E-state index in [-0.39, 0.29) is 0 Å². The van der Waals surface area contributed by atoms with Crippen molar-refractivity contribution < 1.29 is 4.79 Å². The number of para-hydroxylation sites is 1. The van der Waals surface area contributed by atoms with E-state index in [4.69, 9.17) is 11.5 Å². The standard InChI is InChI=1S/C16H16N4O/c17-14-3-1-2-13-11(9-19-15(13)14)8-10-4-6-12(7-5-10)20-16(18)21/h1-8,19H,9,17H2,(H3,18,20,21). The van der Waals surface area contributed by atoms with Gasteiger partial charge in [-0.25, -0.2) is 4.79 Å². The molecule has 0 aliphatic carbocycles. The highest BCUT2D eigenvalue weighted by Crippen LogP contribution is 2.35. The van der Waals surface area contributed by atoms with Crippen LogP contribution in [0, 0.1) is 0 Å². The van der Waals surface area contributed by atoms with Crippen LogP contribution in [0.15, 0.2) is 42.5 Å². The molecule has 5 nitrogen and oxygen atoms in total. The molecule has 0 saturated carbocycles. The first-order chi connectivity index (χ1) is 10.1. The fourth-order valence-corrected chi connectivity index (χ4v) is 2.45. The number of hydrogen-bond donors (Lipinski definition) is 4. The van der Waals surface area contributed by atoms with Crippen LogP contribution in [0.5, 0.6) is 0 Å². The number of benzene rings is 2. The molecule has 0 unspecified atom stereocenters. The van der Waals surface area contributed by atoms with Gasteiger partial charge in [0.2, 0.25) is 0 Å². The summed E-state index contributed by atoms with van der Waals surface area (Å²) in [6.07, 6.45) is 2.10. The zero-order valence-corrected chi connectivity index (χ0v) is 11.4. The van der Waals surface area contributed by atoms with Gasteiger partial charge in [-0.2, -0.15) is 0 Å². The maximum Gasteiger partial charge on any atom is 0.316 e. The van der Waals surface area contributed by atoms with Gasteiger partial charge in [0.25, 0.3) is 0 Å². The fraction of sp³-hybridized carbons (Fsp3) is 0.0625. The van der Waals surface area contributed by atoms with Crippen molar-refractivity contribution in [1.82, 2.24) is 0 Å². The van der Waals surface area contributed by atoms with E-state index in [1.165, 1.54) is 5.57 Å². The number of anilines is 3. The number of rotatable bonds is 2. The third kappa shape index (κ3) is 2.67. The molecule has 3 rings (SSSR count). The molecule has 0 aromatic heterocycles. The Morgan fingerprint density at radius 2 is 1.95 bits per heavy atom. The number of urea groups is 1. The summed E-state index contributed by atoms with van der Waals surface area (Å²) >= 11 is 0. The molecule has 5 heteroatoms. The van der Waals surface area contributed by atoms with Crippen LogP contribution in [0.3, 0.4) is 0 Å². The molecule has 0 atom stereocenters. The van der Waals surface area contributed by atoms with E-state index in [2.05, 4.69) is 22.8 Å². The molecular weight excluding hydrogens is 264 g/mol. The predicted molar refractivity (Wildman–Crippen MR) is 86.9 cm³/mol. The molecule has 0 fully saturated rings. The smallest absolute Gasteiger partial charge is 0.316 e. The van der Waals surface area contributed by atoms with Crippen LogP contribution in [-0.2, 0) is 0 Å². The van der Waals surface area contributed by atoms with Crippen molar-refractivity contribution in [3.63, 3.8) is 0 Å². The van der Waals surface area contributed by atoms with Crippen molar-refractivity contribution in [2.24, 2.45) is 5.73 Å². The molecule has 0 radical (unpaired) electrons. The van der Waals surface area contributed by atoms with Gasteiger partial charge in [0, 0.05) is 17.8 Å². The fourth-order valence-electron chi connectivity index (χ4n) is 2.45. The van der Waals surface area contributed by atoms with Gasteiger partial charge in [-0.05, 0) is 35.4 Å². The lowest BCUT2D eigenvalue weighted by molar-refractivity contribution is 0.259. The van der Waals surface area contributed by atoms with Crippen molar-refractivity contribution >= 4 is 34.7 Å². The van der Waals surface area contributed by atoms with E-state index in [1.54, 1.807) is 0 Å². The molecule has 0 spiro atoms. The Bertz CT molecular complexity index is 720. The van der Waals surface area contributed by atoms with Gasteiger partial charge >= 0.3 is 6.03 Å². The van der Waals surface area contributed by atoms with Crippen LogP contribution in [0.2, 0.25) is 0 Å². The minimum Gasteiger partial charge on any atom is -0.397 e. The largest absolute Gasteiger partial charge is 0.397 e. The summed E-state index contributed by atoms with van der Waals surface area (Å²) in [4.78, 5) is 10.8. The first-order valence-electron chi connectivity index (χ1n) is 6.63. The summed E-state index contributed by atoms with van der Waals surface area (Å²) in [6.45, 7) is 0.755. The Kier molecular flexibility index (Phi) is 3.23. The third-order valence-corrected chi connectivity index (χ3v) is 3.42. The maximum absolute atomic E-state index is 10.8. The SMILES string of the molecule is NC(=O)Nc1ccc(C=C2CNc3c(N)cccc32)cc1. The van der Waals surface area contributed by atoms with Crippen LogP contribution >= 0.6 is 0 Å². The Labute approximate surface area is 122 Å². The molecule has 2 aromatic rings. The van der Waals surface area contributed by atoms with E-state index in [0.717, 1.165) is 29.0 Å². The average Bonchev–Trinajstić information content (AvgIpc) is 2.85. The van der Waals surface area contributed by atoms with Crippen LogP contribution in [0.25, 0.3) is 11.6 Å². The molecule has 1 aliphatic heterocycles. The van der Waals surface area contributed by atoms with Gasteiger partial charge in [0.15, 0.2) is 0 Å². The minimum absolute atomic E-state index is 0.564. The molecule has 6 N–H and O–H groups in total. The summed E-state index contributed by atoms with van der Waals surface area (Å²) in [5.74, 6) is 0. The highest BCUT2D eigenvalue weighted by atomic mass is 16.2. The second kappa shape index (κ2) is 5.20. The molecule has 1 aliphatic rings. The van der Waals surface area contributed by atoms with Gasteiger partial charge in [-0.3, -0.25) is 0 Å². The average molecular weight is 280 g/mol. The molecule has 2 aromatic carbocycles. The van der Waals surface area contributed by atoms with Gasteiger partial charge in [-0.1, -0.05) is 24.3 Å². The lowest BCUT2D eigenvalue weighted by atomic mass is 10.0. The number of amides is 2. The second-order valence-corrected chi connectivity index (χ2v) is 4.90. The van der Waals surface area contributed by atoms with Crippen LogP contribution in [0.1, 0.15) is 11.1 Å². The highest BCUT2D eigenvalue weighted by molar-refractivity contribution is 5.96. The normalized spacial score (nSPS) is 14.6. The van der Waals surface area contributed by atoms with Crippen molar-refractivity contribution in [2.75, 3.05) is 22.9 Å². The van der Waals surface area contributed by atoms with E-state index in [1.807, 2.05) is 36.4 Å². The van der Waals surface area contributed by atoms with Crippen molar-refractivity contribution in [3.05, 3.63) is 53.6 Å². The quantitative estimate of drug-likeness (QED) is 0.637. The first-order valence-corrected chi connectivity index (χ1v) is 6.63. The molecule has 106 valence electrons. The Hall–Kier alpha value is -2.95. The van der Waals surface area contributed by atoms with Crippen LogP contribution in [-0.4, -0.2) is 12.6 Å². The first kappa shape index (κ1) is 13.1. The molecule has 1 heterocycles. The Balaban J connectivity index is 1.87. The zero-order chi connectivity index (χ0) is 14.8. The summed E-state index contributed by atoms with van der Waals surface area (Å²) in [5.41, 5.74) is 16.8. The molecule has 0 bridgehead atoms. The summed E-state index contributed by atoms with van der Waals surface area (Å²) in [7, 11) is 0. The van der Waals surface area contributed by atoms with E-state index in [9.17, 15) is 4.79 Å². The van der Waals surface area contributed by atoms with Gasteiger partial charge in [0.1, 0.15) is 0 Å². The van der Waals surface area contributed by atoms with Gasteiger partial charge in [0.05, 0.1) is 11.4 Å². The van der Waals surface area contributed by atoms with E-state index >= 15 is 0 Å². The third-order valence-electron chi connectivity index (χ3n) is 3.42. The second-order valence-electron chi connectivity index (χ2n) is 4.90.